The maximum absolute atomic E-state index is 6.09. The second-order valence-electron chi connectivity index (χ2n) is 4.32. The fourth-order valence-corrected chi connectivity index (χ4v) is 1.55. The Morgan fingerprint density at radius 3 is 2.29 bits per heavy atom. The van der Waals surface area contributed by atoms with Gasteiger partial charge in [0.15, 0.2) is 0 Å². The van der Waals surface area contributed by atoms with E-state index in [-0.39, 0.29) is 12.4 Å². The molecule has 1 aliphatic rings. The molecule has 0 spiro atoms. The minimum atomic E-state index is 0. The Hall–Kier alpha value is -0.0500. The van der Waals surface area contributed by atoms with Gasteiger partial charge >= 0.3 is 0 Å². The van der Waals surface area contributed by atoms with Crippen molar-refractivity contribution in [3.63, 3.8) is 0 Å². The van der Waals surface area contributed by atoms with Crippen LogP contribution in [0.1, 0.15) is 25.7 Å². The van der Waals surface area contributed by atoms with Crippen molar-refractivity contribution in [2.45, 2.75) is 25.7 Å². The third-order valence-corrected chi connectivity index (χ3v) is 2.43. The molecule has 0 bridgehead atoms. The lowest BCUT2D eigenvalue weighted by molar-refractivity contribution is -0.876. The summed E-state index contributed by atoms with van der Waals surface area (Å²) >= 11 is 6.09. The molecule has 0 aliphatic heterocycles. The molecule has 0 radical (unpaired) electrons. The molecule has 1 aliphatic carbocycles. The fraction of sp³-hybridized carbons (Fsp3) is 0.700. The highest BCUT2D eigenvalue weighted by Crippen LogP contribution is 2.26. The van der Waals surface area contributed by atoms with Gasteiger partial charge in [0.1, 0.15) is 0 Å². The van der Waals surface area contributed by atoms with Crippen LogP contribution in [0.2, 0.25) is 0 Å². The van der Waals surface area contributed by atoms with Gasteiger partial charge < -0.3 is 12.4 Å². The predicted molar refractivity (Wildman–Crippen MR) is 57.9 cm³/mol. The van der Waals surface area contributed by atoms with E-state index in [2.05, 4.69) is 5.10 Å². The van der Waals surface area contributed by atoms with Crippen molar-refractivity contribution in [3.05, 3.63) is 10.6 Å². The molecule has 0 aromatic carbocycles. The van der Waals surface area contributed by atoms with Crippen LogP contribution >= 0.6 is 11.6 Å². The molecule has 0 atom stereocenters. The summed E-state index contributed by atoms with van der Waals surface area (Å²) in [6, 6.07) is 0. The first kappa shape index (κ1) is 13.9. The maximum Gasteiger partial charge on any atom is 0.0923 e. The summed E-state index contributed by atoms with van der Waals surface area (Å²) in [5.41, 5.74) is 1.22. The molecule has 0 amide bonds. The van der Waals surface area contributed by atoms with Crippen molar-refractivity contribution in [2.24, 2.45) is 5.10 Å². The summed E-state index contributed by atoms with van der Waals surface area (Å²) < 4.78 is 0.605. The zero-order chi connectivity index (χ0) is 9.90. The van der Waals surface area contributed by atoms with Crippen molar-refractivity contribution in [1.82, 2.24) is 0 Å². The largest absolute Gasteiger partial charge is 1.00 e. The van der Waals surface area contributed by atoms with Crippen LogP contribution in [0.15, 0.2) is 15.7 Å². The van der Waals surface area contributed by atoms with E-state index < -0.39 is 0 Å². The van der Waals surface area contributed by atoms with Gasteiger partial charge in [-0.15, -0.1) is 0 Å². The second-order valence-corrected chi connectivity index (χ2v) is 4.78. The monoisotopic (exact) mass is 236 g/mol. The number of nitrogens with zero attached hydrogens (tertiary/aromatic N) is 2. The van der Waals surface area contributed by atoms with E-state index in [4.69, 9.17) is 11.6 Å². The van der Waals surface area contributed by atoms with Crippen LogP contribution in [0.4, 0.5) is 0 Å². The Morgan fingerprint density at radius 2 is 1.79 bits per heavy atom. The van der Waals surface area contributed by atoms with E-state index in [0.717, 1.165) is 17.9 Å². The average molecular weight is 237 g/mol. The minimum Gasteiger partial charge on any atom is -1.00 e. The fourth-order valence-electron chi connectivity index (χ4n) is 1.27. The number of rotatable bonds is 2. The lowest BCUT2D eigenvalue weighted by Gasteiger charge is -2.16. The first-order chi connectivity index (χ1) is 5.99. The summed E-state index contributed by atoms with van der Waals surface area (Å²) in [6.07, 6.45) is 6.51. The molecule has 0 aromatic rings. The number of hydrogen-bond acceptors (Lipinski definition) is 1. The van der Waals surface area contributed by atoms with Crippen LogP contribution in [-0.4, -0.2) is 31.9 Å². The molecule has 0 unspecified atom stereocenters. The Labute approximate surface area is 97.6 Å². The van der Waals surface area contributed by atoms with Crippen LogP contribution in [-0.2, 0) is 0 Å². The molecule has 0 fully saturated rings. The van der Waals surface area contributed by atoms with Gasteiger partial charge in [-0.25, -0.2) is 4.59 Å². The normalized spacial score (nSPS) is 18.6. The molecule has 0 aromatic heterocycles. The molecule has 0 saturated heterocycles. The van der Waals surface area contributed by atoms with E-state index >= 15 is 0 Å². The van der Waals surface area contributed by atoms with Gasteiger partial charge in [0.25, 0.3) is 0 Å². The van der Waals surface area contributed by atoms with Gasteiger partial charge in [0.2, 0.25) is 0 Å². The van der Waals surface area contributed by atoms with Crippen LogP contribution in [0.25, 0.3) is 0 Å². The Kier molecular flexibility index (Phi) is 5.72. The van der Waals surface area contributed by atoms with Gasteiger partial charge in [-0.1, -0.05) is 16.7 Å². The van der Waals surface area contributed by atoms with Crippen molar-refractivity contribution in [2.75, 3.05) is 21.1 Å². The standard InChI is InChI=1S/C10H18ClN2.ClH/c1-13(2,3)12-8-9-6-4-5-7-10(9)11;/h8H,4-7H2,1-3H3;1H/q+1;/p-1/b12-8+;. The predicted octanol–water partition coefficient (Wildman–Crippen LogP) is -0.251. The third kappa shape index (κ3) is 4.99. The molecule has 0 N–H and O–H groups in total. The first-order valence-corrected chi connectivity index (χ1v) is 5.11. The molecular formula is C10H18Cl2N2. The van der Waals surface area contributed by atoms with Gasteiger partial charge in [0, 0.05) is 5.03 Å². The van der Waals surface area contributed by atoms with Gasteiger partial charge in [-0.05, 0) is 31.3 Å². The zero-order valence-electron chi connectivity index (χ0n) is 9.06. The minimum absolute atomic E-state index is 0. The van der Waals surface area contributed by atoms with Crippen molar-refractivity contribution < 1.29 is 17.0 Å². The summed E-state index contributed by atoms with van der Waals surface area (Å²) in [6.45, 7) is 0. The van der Waals surface area contributed by atoms with E-state index in [9.17, 15) is 0 Å². The Bertz CT molecular complexity index is 239. The van der Waals surface area contributed by atoms with Gasteiger partial charge in [-0.2, -0.15) is 0 Å². The average Bonchev–Trinajstić information content (AvgIpc) is 2.01. The third-order valence-electron chi connectivity index (χ3n) is 2.00. The number of quaternary nitrogens is 1. The highest BCUT2D eigenvalue weighted by atomic mass is 35.5. The molecule has 82 valence electrons. The molecule has 4 heteroatoms. The van der Waals surface area contributed by atoms with Crippen molar-refractivity contribution >= 4 is 17.8 Å². The number of halogens is 2. The molecule has 14 heavy (non-hydrogen) atoms. The summed E-state index contributed by atoms with van der Waals surface area (Å²) in [7, 11) is 6.11. The van der Waals surface area contributed by atoms with Crippen molar-refractivity contribution in [3.8, 4) is 0 Å². The first-order valence-electron chi connectivity index (χ1n) is 4.73. The highest BCUT2D eigenvalue weighted by molar-refractivity contribution is 6.31. The quantitative estimate of drug-likeness (QED) is 0.357. The molecule has 1 rings (SSSR count). The van der Waals surface area contributed by atoms with Crippen LogP contribution in [0.3, 0.4) is 0 Å². The molecule has 0 heterocycles. The summed E-state index contributed by atoms with van der Waals surface area (Å²) in [4.78, 5) is 0. The SMILES string of the molecule is C[N+](C)(C)/N=C/C1=C(Cl)CCCC1.[Cl-]. The highest BCUT2D eigenvalue weighted by Gasteiger charge is 2.10. The number of hydrogen-bond donors (Lipinski definition) is 0. The van der Waals surface area contributed by atoms with E-state index in [1.165, 1.54) is 18.4 Å². The smallest absolute Gasteiger partial charge is 0.0923 e. The summed E-state index contributed by atoms with van der Waals surface area (Å²) in [5, 5.41) is 5.40. The van der Waals surface area contributed by atoms with Gasteiger partial charge in [-0.3, -0.25) is 0 Å². The van der Waals surface area contributed by atoms with Crippen molar-refractivity contribution in [1.29, 1.82) is 0 Å². The molecule has 0 saturated carbocycles. The van der Waals surface area contributed by atoms with Gasteiger partial charge in [0.05, 0.1) is 27.4 Å². The van der Waals surface area contributed by atoms with E-state index in [0.29, 0.717) is 4.59 Å². The van der Waals surface area contributed by atoms with Crippen LogP contribution in [0, 0.1) is 0 Å². The lowest BCUT2D eigenvalue weighted by Crippen LogP contribution is -3.00. The zero-order valence-corrected chi connectivity index (χ0v) is 10.6. The van der Waals surface area contributed by atoms with Crippen LogP contribution < -0.4 is 12.4 Å². The van der Waals surface area contributed by atoms with E-state index in [1.54, 1.807) is 0 Å². The molecule has 2 nitrogen and oxygen atoms in total. The topological polar surface area (TPSA) is 12.4 Å². The Morgan fingerprint density at radius 1 is 1.21 bits per heavy atom. The second kappa shape index (κ2) is 5.74. The van der Waals surface area contributed by atoms with E-state index in [1.807, 2.05) is 27.4 Å². The maximum atomic E-state index is 6.09. The molecular weight excluding hydrogens is 219 g/mol. The Balaban J connectivity index is 0.00000169. The lowest BCUT2D eigenvalue weighted by atomic mass is 10.0. The van der Waals surface area contributed by atoms with Crippen LogP contribution in [0.5, 0.6) is 0 Å². The summed E-state index contributed by atoms with van der Waals surface area (Å²) in [5.74, 6) is 0. The number of allylic oxidation sites excluding steroid dienone is 2.